The fourth-order valence-corrected chi connectivity index (χ4v) is 6.64. The highest BCUT2D eigenvalue weighted by Gasteiger charge is 2.32. The van der Waals surface area contributed by atoms with Crippen LogP contribution in [0.4, 0.5) is 10.3 Å². The standard InChI is InChI=1S/C24H24FN8O7PS/c1-31-10-7-20(30-31)42(37,38)32-9-2-3-16(14-32)27-23-26-8-6-18(28-23)22-21(29-24-33(22)11-12-39-24)15-4-5-17(25)19(13-15)40-41(34,35)36/h4-8,10-13,16H,2-3,9,14H2,1H3,(H,26,27,28)(H2,34,35,36). The lowest BCUT2D eigenvalue weighted by Gasteiger charge is -2.31. The Morgan fingerprint density at radius 1 is 1.19 bits per heavy atom. The molecule has 220 valence electrons. The van der Waals surface area contributed by atoms with Crippen molar-refractivity contribution in [2.45, 2.75) is 23.9 Å². The molecule has 0 spiro atoms. The Balaban J connectivity index is 1.30. The Morgan fingerprint density at radius 2 is 2.02 bits per heavy atom. The van der Waals surface area contributed by atoms with E-state index in [2.05, 4.69) is 29.9 Å². The Kier molecular flexibility index (Phi) is 7.06. The monoisotopic (exact) mass is 618 g/mol. The van der Waals surface area contributed by atoms with Gasteiger partial charge in [-0.15, -0.1) is 0 Å². The van der Waals surface area contributed by atoms with E-state index in [9.17, 15) is 27.2 Å². The van der Waals surface area contributed by atoms with Crippen LogP contribution < -0.4 is 9.84 Å². The summed E-state index contributed by atoms with van der Waals surface area (Å²) in [6.45, 7) is 0.551. The number of oxazole rings is 1. The number of halogens is 1. The van der Waals surface area contributed by atoms with Gasteiger partial charge in [0.15, 0.2) is 16.6 Å². The number of rotatable bonds is 8. The van der Waals surface area contributed by atoms with Gasteiger partial charge in [0.25, 0.3) is 10.0 Å². The van der Waals surface area contributed by atoms with Crippen molar-refractivity contribution in [1.82, 2.24) is 33.4 Å². The number of anilines is 1. The number of fused-ring (bicyclic) bond motifs is 1. The average molecular weight is 619 g/mol. The number of imidazole rings is 1. The first-order valence-corrected chi connectivity index (χ1v) is 15.6. The van der Waals surface area contributed by atoms with Crippen LogP contribution in [-0.4, -0.2) is 70.8 Å². The number of nitrogens with zero attached hydrogens (tertiary/aromatic N) is 7. The van der Waals surface area contributed by atoms with Crippen LogP contribution in [0.2, 0.25) is 0 Å². The summed E-state index contributed by atoms with van der Waals surface area (Å²) in [6.07, 6.45) is 7.42. The number of phosphoric acid groups is 1. The molecule has 6 rings (SSSR count). The first-order chi connectivity index (χ1) is 20.0. The summed E-state index contributed by atoms with van der Waals surface area (Å²) in [4.78, 5) is 31.8. The number of piperidine rings is 1. The summed E-state index contributed by atoms with van der Waals surface area (Å²) in [5.41, 5.74) is 1.39. The van der Waals surface area contributed by atoms with E-state index in [-0.39, 0.29) is 40.7 Å². The number of aryl methyl sites for hydroxylation is 1. The molecule has 1 atom stereocenters. The molecule has 0 bridgehead atoms. The lowest BCUT2D eigenvalue weighted by atomic mass is 10.1. The van der Waals surface area contributed by atoms with Crippen LogP contribution in [-0.2, 0) is 21.6 Å². The minimum Gasteiger partial charge on any atom is -0.432 e. The van der Waals surface area contributed by atoms with Crippen LogP contribution in [0, 0.1) is 5.82 Å². The number of sulfonamides is 1. The third-order valence-corrected chi connectivity index (χ3v) is 8.79. The lowest BCUT2D eigenvalue weighted by Crippen LogP contribution is -2.45. The Morgan fingerprint density at radius 3 is 2.79 bits per heavy atom. The molecule has 5 aromatic rings. The molecule has 5 heterocycles. The van der Waals surface area contributed by atoms with Gasteiger partial charge in [0.2, 0.25) is 5.95 Å². The van der Waals surface area contributed by atoms with Crippen LogP contribution in [0.15, 0.2) is 64.6 Å². The minimum absolute atomic E-state index is 0.0172. The van der Waals surface area contributed by atoms with Crippen molar-refractivity contribution in [2.24, 2.45) is 7.05 Å². The Hall–Kier alpha value is -4.15. The van der Waals surface area contributed by atoms with Crippen LogP contribution in [0.5, 0.6) is 5.75 Å². The third kappa shape index (κ3) is 5.52. The van der Waals surface area contributed by atoms with E-state index in [4.69, 9.17) is 4.42 Å². The SMILES string of the molecule is Cn1ccc(S(=O)(=O)N2CCCC(Nc3nccc(-c4c(-c5ccc(F)c(OP(=O)(O)O)c5)nc5occn45)n3)C2)n1. The molecule has 0 aliphatic carbocycles. The maximum absolute atomic E-state index is 14.3. The van der Waals surface area contributed by atoms with Gasteiger partial charge in [-0.05, 0) is 43.2 Å². The van der Waals surface area contributed by atoms with Crippen molar-refractivity contribution in [2.75, 3.05) is 18.4 Å². The highest BCUT2D eigenvalue weighted by molar-refractivity contribution is 7.89. The van der Waals surface area contributed by atoms with Gasteiger partial charge in [0.1, 0.15) is 17.7 Å². The predicted octanol–water partition coefficient (Wildman–Crippen LogP) is 2.66. The molecule has 1 fully saturated rings. The van der Waals surface area contributed by atoms with Crippen LogP contribution in [0.3, 0.4) is 0 Å². The highest BCUT2D eigenvalue weighted by Crippen LogP contribution is 2.41. The summed E-state index contributed by atoms with van der Waals surface area (Å²) >= 11 is 0. The Bertz CT molecular complexity index is 1940. The van der Waals surface area contributed by atoms with E-state index < -0.39 is 29.4 Å². The molecule has 1 aromatic carbocycles. The molecular formula is C24H24FN8O7PS. The first-order valence-electron chi connectivity index (χ1n) is 12.6. The number of aromatic nitrogens is 6. The smallest absolute Gasteiger partial charge is 0.432 e. The zero-order valence-corrected chi connectivity index (χ0v) is 23.6. The van der Waals surface area contributed by atoms with E-state index in [1.54, 1.807) is 29.9 Å². The number of phosphoric ester groups is 1. The quantitative estimate of drug-likeness (QED) is 0.216. The molecular weight excluding hydrogens is 594 g/mol. The number of benzene rings is 1. The summed E-state index contributed by atoms with van der Waals surface area (Å²) < 4.78 is 66.2. The molecule has 0 amide bonds. The zero-order chi connectivity index (χ0) is 29.6. The molecule has 3 N–H and O–H groups in total. The molecule has 1 saturated heterocycles. The highest BCUT2D eigenvalue weighted by atomic mass is 32.2. The molecule has 4 aromatic heterocycles. The fourth-order valence-electron chi connectivity index (χ4n) is 4.77. The first kappa shape index (κ1) is 28.0. The van der Waals surface area contributed by atoms with Gasteiger partial charge in [0.05, 0.1) is 5.69 Å². The molecule has 1 unspecified atom stereocenters. The van der Waals surface area contributed by atoms with E-state index in [1.165, 1.54) is 33.6 Å². The second kappa shape index (κ2) is 10.6. The van der Waals surface area contributed by atoms with Crippen molar-refractivity contribution >= 4 is 29.6 Å². The van der Waals surface area contributed by atoms with Gasteiger partial charge in [-0.2, -0.15) is 14.4 Å². The van der Waals surface area contributed by atoms with Gasteiger partial charge in [0, 0.05) is 50.3 Å². The zero-order valence-electron chi connectivity index (χ0n) is 21.9. The molecule has 0 saturated carbocycles. The van der Waals surface area contributed by atoms with E-state index in [0.717, 1.165) is 12.1 Å². The van der Waals surface area contributed by atoms with Gasteiger partial charge in [-0.1, -0.05) is 0 Å². The molecule has 15 nitrogen and oxygen atoms in total. The summed E-state index contributed by atoms with van der Waals surface area (Å²) in [5.74, 6) is -1.18. The third-order valence-electron chi connectivity index (χ3n) is 6.59. The second-order valence-corrected chi connectivity index (χ2v) is 12.6. The normalized spacial score (nSPS) is 16.6. The van der Waals surface area contributed by atoms with Crippen molar-refractivity contribution in [1.29, 1.82) is 0 Å². The van der Waals surface area contributed by atoms with Crippen molar-refractivity contribution in [3.05, 3.63) is 61.0 Å². The van der Waals surface area contributed by atoms with E-state index >= 15 is 0 Å². The van der Waals surface area contributed by atoms with Crippen LogP contribution in [0.25, 0.3) is 28.5 Å². The maximum Gasteiger partial charge on any atom is 0.524 e. The maximum atomic E-state index is 14.3. The molecule has 0 radical (unpaired) electrons. The number of nitrogens with one attached hydrogen (secondary N) is 1. The van der Waals surface area contributed by atoms with E-state index in [0.29, 0.717) is 30.8 Å². The summed E-state index contributed by atoms with van der Waals surface area (Å²) in [6, 6.07) is 6.31. The number of hydrogen-bond acceptors (Lipinski definition) is 10. The minimum atomic E-state index is -5.03. The second-order valence-electron chi connectivity index (χ2n) is 9.53. The van der Waals surface area contributed by atoms with Gasteiger partial charge < -0.3 is 14.3 Å². The van der Waals surface area contributed by atoms with Crippen molar-refractivity contribution < 1.29 is 36.1 Å². The summed E-state index contributed by atoms with van der Waals surface area (Å²) in [5, 5.41) is 7.25. The van der Waals surface area contributed by atoms with Gasteiger partial charge >= 0.3 is 13.7 Å². The largest absolute Gasteiger partial charge is 0.524 e. The lowest BCUT2D eigenvalue weighted by molar-refractivity contribution is 0.278. The molecule has 1 aliphatic heterocycles. The van der Waals surface area contributed by atoms with Gasteiger partial charge in [-0.3, -0.25) is 18.9 Å². The van der Waals surface area contributed by atoms with Crippen molar-refractivity contribution in [3.8, 4) is 28.4 Å². The topological polar surface area (TPSA) is 190 Å². The molecule has 18 heteroatoms. The fraction of sp³-hybridized carbons (Fsp3) is 0.250. The van der Waals surface area contributed by atoms with E-state index in [1.807, 2.05) is 0 Å². The van der Waals surface area contributed by atoms with Crippen molar-refractivity contribution in [3.63, 3.8) is 0 Å². The van der Waals surface area contributed by atoms with Crippen LogP contribution >= 0.6 is 7.82 Å². The number of hydrogen-bond donors (Lipinski definition) is 3. The Labute approximate surface area is 237 Å². The average Bonchev–Trinajstić information content (AvgIpc) is 3.66. The van der Waals surface area contributed by atoms with Gasteiger partial charge in [-0.25, -0.2) is 27.3 Å². The molecule has 1 aliphatic rings. The predicted molar refractivity (Wildman–Crippen MR) is 145 cm³/mol. The molecule has 42 heavy (non-hydrogen) atoms. The van der Waals surface area contributed by atoms with Crippen LogP contribution in [0.1, 0.15) is 12.8 Å². The summed E-state index contributed by atoms with van der Waals surface area (Å²) in [7, 11) is -7.15.